The molecular formula is C24H36N4O. The largest absolute Gasteiger partial charge is 0.378 e. The number of rotatable bonds is 5. The zero-order valence-corrected chi connectivity index (χ0v) is 18.0. The van der Waals surface area contributed by atoms with Crippen molar-refractivity contribution in [3.05, 3.63) is 36.0 Å². The summed E-state index contributed by atoms with van der Waals surface area (Å²) >= 11 is 0. The van der Waals surface area contributed by atoms with Crippen LogP contribution < -0.4 is 15.5 Å². The second kappa shape index (κ2) is 12.9. The molecule has 0 bridgehead atoms. The third kappa shape index (κ3) is 8.60. The van der Waals surface area contributed by atoms with Crippen molar-refractivity contribution < 1.29 is 4.79 Å². The Balaban J connectivity index is 1.91. The molecule has 0 atom stereocenters. The second-order valence-electron chi connectivity index (χ2n) is 8.19. The lowest BCUT2D eigenvalue weighted by Crippen LogP contribution is -2.35. The molecule has 0 unspecified atom stereocenters. The molecule has 0 spiro atoms. The minimum Gasteiger partial charge on any atom is -0.378 e. The van der Waals surface area contributed by atoms with Crippen molar-refractivity contribution in [1.82, 2.24) is 5.32 Å². The fourth-order valence-electron chi connectivity index (χ4n) is 3.73. The Hall–Kier alpha value is -2.48. The third-order valence-corrected chi connectivity index (χ3v) is 5.57. The van der Waals surface area contributed by atoms with E-state index in [1.54, 1.807) is 0 Å². The fourth-order valence-corrected chi connectivity index (χ4v) is 3.73. The average molecular weight is 397 g/mol. The van der Waals surface area contributed by atoms with Crippen molar-refractivity contribution in [2.75, 3.05) is 24.3 Å². The molecule has 1 saturated carbocycles. The smallest absolute Gasteiger partial charge is 0.263 e. The summed E-state index contributed by atoms with van der Waals surface area (Å²) in [7, 11) is 3.98. The van der Waals surface area contributed by atoms with Crippen LogP contribution in [0.15, 0.2) is 36.0 Å². The van der Waals surface area contributed by atoms with Crippen LogP contribution in [0.25, 0.3) is 0 Å². The van der Waals surface area contributed by atoms with Crippen molar-refractivity contribution >= 4 is 17.3 Å². The van der Waals surface area contributed by atoms with Gasteiger partial charge >= 0.3 is 0 Å². The van der Waals surface area contributed by atoms with Gasteiger partial charge in [0, 0.05) is 37.7 Å². The molecule has 5 heteroatoms. The summed E-state index contributed by atoms with van der Waals surface area (Å²) < 4.78 is 0. The topological polar surface area (TPSA) is 68.2 Å². The highest BCUT2D eigenvalue weighted by Crippen LogP contribution is 2.18. The number of carbonyl (C=O) groups is 1. The molecule has 1 fully saturated rings. The highest BCUT2D eigenvalue weighted by molar-refractivity contribution is 5.97. The minimum atomic E-state index is -0.276. The van der Waals surface area contributed by atoms with Crippen LogP contribution >= 0.6 is 0 Å². The van der Waals surface area contributed by atoms with Gasteiger partial charge in [0.25, 0.3) is 5.91 Å². The average Bonchev–Trinajstić information content (AvgIpc) is 2.71. The molecule has 5 nitrogen and oxygen atoms in total. The van der Waals surface area contributed by atoms with Crippen molar-refractivity contribution in [3.8, 4) is 6.07 Å². The lowest BCUT2D eigenvalue weighted by atomic mass is 9.98. The van der Waals surface area contributed by atoms with Crippen LogP contribution in [0.3, 0.4) is 0 Å². The first kappa shape index (κ1) is 22.8. The van der Waals surface area contributed by atoms with E-state index in [9.17, 15) is 10.1 Å². The van der Waals surface area contributed by atoms with Crippen LogP contribution in [0.4, 0.5) is 11.4 Å². The molecule has 0 heterocycles. The van der Waals surface area contributed by atoms with Crippen LogP contribution in [0, 0.1) is 11.3 Å². The quantitative estimate of drug-likeness (QED) is 0.519. The number of amides is 1. The molecule has 1 amide bonds. The monoisotopic (exact) mass is 396 g/mol. The zero-order valence-electron chi connectivity index (χ0n) is 18.0. The Morgan fingerprint density at radius 3 is 1.97 bits per heavy atom. The minimum absolute atomic E-state index is 0.118. The summed E-state index contributed by atoms with van der Waals surface area (Å²) in [4.78, 5) is 14.7. The Labute approximate surface area is 176 Å². The zero-order chi connectivity index (χ0) is 20.9. The first-order chi connectivity index (χ1) is 14.1. The number of benzene rings is 1. The fraction of sp³-hybridized carbons (Fsp3) is 0.583. The maximum atomic E-state index is 12.6. The van der Waals surface area contributed by atoms with E-state index in [0.29, 0.717) is 0 Å². The van der Waals surface area contributed by atoms with E-state index in [2.05, 4.69) is 10.6 Å². The van der Waals surface area contributed by atoms with E-state index in [0.717, 1.165) is 37.1 Å². The van der Waals surface area contributed by atoms with Gasteiger partial charge in [0.15, 0.2) is 0 Å². The Morgan fingerprint density at radius 2 is 1.48 bits per heavy atom. The number of hydrogen-bond acceptors (Lipinski definition) is 4. The third-order valence-electron chi connectivity index (χ3n) is 5.57. The highest BCUT2D eigenvalue weighted by Gasteiger charge is 2.16. The van der Waals surface area contributed by atoms with Gasteiger partial charge in [0.05, 0.1) is 0 Å². The molecule has 1 aliphatic carbocycles. The van der Waals surface area contributed by atoms with Gasteiger partial charge in [-0.15, -0.1) is 0 Å². The van der Waals surface area contributed by atoms with Crippen LogP contribution in [0.2, 0.25) is 0 Å². The number of anilines is 2. The molecule has 0 radical (unpaired) electrons. The normalized spacial score (nSPS) is 17.3. The number of hydrogen-bond donors (Lipinski definition) is 2. The van der Waals surface area contributed by atoms with Crippen molar-refractivity contribution in [2.24, 2.45) is 0 Å². The summed E-state index contributed by atoms with van der Waals surface area (Å²) in [5.41, 5.74) is 2.07. The summed E-state index contributed by atoms with van der Waals surface area (Å²) in [6, 6.07) is 10.1. The molecule has 1 aromatic carbocycles. The highest BCUT2D eigenvalue weighted by atomic mass is 16.1. The van der Waals surface area contributed by atoms with Gasteiger partial charge in [0.2, 0.25) is 0 Å². The van der Waals surface area contributed by atoms with Gasteiger partial charge in [-0.05, 0) is 37.1 Å². The van der Waals surface area contributed by atoms with Crippen LogP contribution in [0.5, 0.6) is 0 Å². The molecule has 0 aromatic heterocycles. The van der Waals surface area contributed by atoms with E-state index in [4.69, 9.17) is 0 Å². The van der Waals surface area contributed by atoms with E-state index in [1.807, 2.05) is 49.3 Å². The molecule has 1 aliphatic rings. The van der Waals surface area contributed by atoms with Gasteiger partial charge in [-0.1, -0.05) is 57.8 Å². The lowest BCUT2D eigenvalue weighted by Gasteiger charge is -2.19. The van der Waals surface area contributed by atoms with Crippen LogP contribution in [0.1, 0.15) is 70.6 Å². The molecule has 29 heavy (non-hydrogen) atoms. The molecule has 2 rings (SSSR count). The maximum Gasteiger partial charge on any atom is 0.263 e. The van der Waals surface area contributed by atoms with Gasteiger partial charge in [-0.2, -0.15) is 5.26 Å². The van der Waals surface area contributed by atoms with Crippen LogP contribution in [-0.2, 0) is 4.79 Å². The molecular weight excluding hydrogens is 360 g/mol. The standard InChI is InChI=1S/C24H36N4O/c1-28(2)23-16-14-21(15-17-23)26-19-20(18-25)24(29)27-22-12-10-8-6-4-3-5-7-9-11-13-22/h14-17,19,22,26H,3-13H2,1-2H3,(H,27,29)/b20-19-. The molecule has 0 aliphatic heterocycles. The van der Waals surface area contributed by atoms with E-state index >= 15 is 0 Å². The van der Waals surface area contributed by atoms with E-state index < -0.39 is 0 Å². The van der Waals surface area contributed by atoms with Crippen molar-refractivity contribution in [2.45, 2.75) is 76.7 Å². The predicted molar refractivity (Wildman–Crippen MR) is 121 cm³/mol. The second-order valence-corrected chi connectivity index (χ2v) is 8.19. The predicted octanol–water partition coefficient (Wildman–Crippen LogP) is 5.36. The molecule has 0 saturated heterocycles. The van der Waals surface area contributed by atoms with Crippen molar-refractivity contribution in [3.63, 3.8) is 0 Å². The lowest BCUT2D eigenvalue weighted by molar-refractivity contribution is -0.117. The van der Waals surface area contributed by atoms with Gasteiger partial charge in [0.1, 0.15) is 11.6 Å². The van der Waals surface area contributed by atoms with Crippen molar-refractivity contribution in [1.29, 1.82) is 5.26 Å². The number of nitriles is 1. The Kier molecular flexibility index (Phi) is 10.1. The summed E-state index contributed by atoms with van der Waals surface area (Å²) in [5, 5.41) is 15.6. The van der Waals surface area contributed by atoms with Gasteiger partial charge in [-0.25, -0.2) is 0 Å². The Morgan fingerprint density at radius 1 is 0.966 bits per heavy atom. The molecule has 158 valence electrons. The van der Waals surface area contributed by atoms with Gasteiger partial charge in [-0.3, -0.25) is 4.79 Å². The number of nitrogens with zero attached hydrogens (tertiary/aromatic N) is 2. The number of nitrogens with one attached hydrogen (secondary N) is 2. The summed E-state index contributed by atoms with van der Waals surface area (Å²) in [6.07, 6.45) is 14.9. The Bertz CT molecular complexity index is 676. The van der Waals surface area contributed by atoms with Crippen LogP contribution in [-0.4, -0.2) is 26.0 Å². The number of carbonyl (C=O) groups excluding carboxylic acids is 1. The van der Waals surface area contributed by atoms with E-state index in [1.165, 1.54) is 51.1 Å². The van der Waals surface area contributed by atoms with E-state index in [-0.39, 0.29) is 17.5 Å². The summed E-state index contributed by atoms with van der Waals surface area (Å²) in [6.45, 7) is 0. The molecule has 2 N–H and O–H groups in total. The molecule has 1 aromatic rings. The SMILES string of the molecule is CN(C)c1ccc(N/C=C(/C#N)C(=O)NC2CCCCCCCCCCC2)cc1. The maximum absolute atomic E-state index is 12.6. The first-order valence-electron chi connectivity index (χ1n) is 11.0. The van der Waals surface area contributed by atoms with Gasteiger partial charge < -0.3 is 15.5 Å². The first-order valence-corrected chi connectivity index (χ1v) is 11.0. The summed E-state index contributed by atoms with van der Waals surface area (Å²) in [5.74, 6) is -0.276.